The van der Waals surface area contributed by atoms with E-state index < -0.39 is 12.2 Å². The first kappa shape index (κ1) is 45.2. The van der Waals surface area contributed by atoms with E-state index in [1.54, 1.807) is 39.3 Å². The number of rotatable bonds is 23. The van der Waals surface area contributed by atoms with Crippen molar-refractivity contribution in [3.8, 4) is 23.0 Å². The Hall–Kier alpha value is -5.30. The van der Waals surface area contributed by atoms with Crippen LogP contribution in [-0.2, 0) is 40.3 Å². The molecule has 2 heterocycles. The molecule has 330 valence electrons. The minimum absolute atomic E-state index is 0.138. The molecule has 4 aromatic rings. The Bertz CT molecular complexity index is 1940. The maximum absolute atomic E-state index is 13.9. The van der Waals surface area contributed by atoms with Gasteiger partial charge in [-0.15, -0.1) is 0 Å². The van der Waals surface area contributed by atoms with Gasteiger partial charge in [-0.25, -0.2) is 14.8 Å². The molecule has 1 atom stereocenters. The van der Waals surface area contributed by atoms with Crippen molar-refractivity contribution in [3.63, 3.8) is 0 Å². The van der Waals surface area contributed by atoms with Crippen LogP contribution in [-0.4, -0.2) is 88.2 Å². The first-order valence-electron chi connectivity index (χ1n) is 22.2. The van der Waals surface area contributed by atoms with Gasteiger partial charge in [-0.3, -0.25) is 10.1 Å². The average Bonchev–Trinajstić information content (AvgIpc) is 4.01. The second-order valence-electron chi connectivity index (χ2n) is 16.7. The minimum atomic E-state index is -0.522. The molecule has 13 nitrogen and oxygen atoms in total. The third-order valence-electron chi connectivity index (χ3n) is 12.1. The summed E-state index contributed by atoms with van der Waals surface area (Å²) in [4.78, 5) is 37.5. The first-order chi connectivity index (χ1) is 29.8. The maximum Gasteiger partial charge on any atom is 0.332 e. The van der Waals surface area contributed by atoms with Gasteiger partial charge in [-0.2, -0.15) is 0 Å². The molecule has 0 bridgehead atoms. The molecule has 1 N–H and O–H groups in total. The predicted molar refractivity (Wildman–Crippen MR) is 235 cm³/mol. The number of carbonyl (C=O) groups is 2. The van der Waals surface area contributed by atoms with Crippen LogP contribution in [0.25, 0.3) is 0 Å². The van der Waals surface area contributed by atoms with Gasteiger partial charge in [0.05, 0.1) is 40.0 Å². The van der Waals surface area contributed by atoms with Crippen molar-refractivity contribution in [1.82, 2.24) is 29.3 Å². The molecule has 2 aromatic heterocycles. The molecular weight excluding hydrogens is 773 g/mol. The van der Waals surface area contributed by atoms with Crippen molar-refractivity contribution in [2.45, 2.75) is 122 Å². The molecule has 6 rings (SSSR count). The number of imidazole rings is 2. The lowest BCUT2D eigenvalue weighted by atomic mass is 9.86. The van der Waals surface area contributed by atoms with Crippen LogP contribution in [0.2, 0.25) is 0 Å². The van der Waals surface area contributed by atoms with E-state index in [9.17, 15) is 9.59 Å². The van der Waals surface area contributed by atoms with Crippen molar-refractivity contribution in [3.05, 3.63) is 97.1 Å². The smallest absolute Gasteiger partial charge is 0.332 e. The van der Waals surface area contributed by atoms with E-state index in [0.717, 1.165) is 75.3 Å². The highest BCUT2D eigenvalue weighted by atomic mass is 16.6. The Balaban J connectivity index is 1.04. The Kier molecular flexibility index (Phi) is 17.5. The predicted octanol–water partition coefficient (Wildman–Crippen LogP) is 7.82. The van der Waals surface area contributed by atoms with Gasteiger partial charge in [0.15, 0.2) is 29.2 Å². The molecule has 2 aliphatic rings. The molecule has 0 aliphatic heterocycles. The fraction of sp³-hybridized carbons (Fsp3) is 0.542. The van der Waals surface area contributed by atoms with Crippen LogP contribution < -0.4 is 24.3 Å². The quantitative estimate of drug-likeness (QED) is 0.0448. The van der Waals surface area contributed by atoms with Crippen LogP contribution in [0.1, 0.15) is 89.2 Å². The Labute approximate surface area is 361 Å². The SMILES string of the molecule is COc1cc(CCCN(C(=O)/C=C\C(=O)OC(CCc2ccc(OCCn3ccnc3)c(OC)c2)NC2CCC(C)CC2)C2CCC(C)CC2)ccc1OCCn1ccnc1. The molecule has 2 saturated carbocycles. The summed E-state index contributed by atoms with van der Waals surface area (Å²) in [5.41, 5.74) is 2.16. The topological polar surface area (TPSA) is 131 Å². The summed E-state index contributed by atoms with van der Waals surface area (Å²) in [5, 5.41) is 3.64. The molecule has 0 saturated heterocycles. The molecule has 0 spiro atoms. The number of aromatic nitrogens is 4. The zero-order chi connectivity index (χ0) is 42.8. The van der Waals surface area contributed by atoms with Crippen molar-refractivity contribution in [2.75, 3.05) is 34.0 Å². The molecule has 0 radical (unpaired) electrons. The van der Waals surface area contributed by atoms with Gasteiger partial charge in [0.1, 0.15) is 13.2 Å². The fourth-order valence-corrected chi connectivity index (χ4v) is 8.39. The summed E-state index contributed by atoms with van der Waals surface area (Å²) in [6, 6.07) is 12.4. The summed E-state index contributed by atoms with van der Waals surface area (Å²) in [7, 11) is 3.29. The summed E-state index contributed by atoms with van der Waals surface area (Å²) < 4.78 is 33.4. The third kappa shape index (κ3) is 14.4. The zero-order valence-corrected chi connectivity index (χ0v) is 36.6. The van der Waals surface area contributed by atoms with Crippen molar-refractivity contribution >= 4 is 11.9 Å². The van der Waals surface area contributed by atoms with Crippen LogP contribution in [0.4, 0.5) is 0 Å². The van der Waals surface area contributed by atoms with Crippen LogP contribution in [0.15, 0.2) is 86.0 Å². The van der Waals surface area contributed by atoms with E-state index in [4.69, 9.17) is 23.7 Å². The number of methoxy groups -OCH3 is 2. The summed E-state index contributed by atoms with van der Waals surface area (Å²) >= 11 is 0. The summed E-state index contributed by atoms with van der Waals surface area (Å²) in [5.74, 6) is 3.38. The second kappa shape index (κ2) is 23.6. The standard InChI is InChI=1S/C48H66N6O7/c1-36-7-14-40(15-8-36)51-46(20-13-39-12-19-43(45(33-39)58-4)60-31-29-53-27-24-50-35-53)61-48(56)22-21-47(55)54(41-16-9-37(2)10-17-41)25-5-6-38-11-18-42(44(32-38)57-3)59-30-28-52-26-23-49-34-52/h11-12,18-19,21-24,26-27,32-37,40-41,46,51H,5-10,13-17,20,25,28-31H2,1-4H3/b22-21-. The molecule has 13 heteroatoms. The number of nitrogens with one attached hydrogen (secondary N) is 1. The highest BCUT2D eigenvalue weighted by Crippen LogP contribution is 2.31. The van der Waals surface area contributed by atoms with Gasteiger partial charge in [0, 0.05) is 62.0 Å². The number of hydrogen-bond acceptors (Lipinski definition) is 10. The molecule has 61 heavy (non-hydrogen) atoms. The van der Waals surface area contributed by atoms with Gasteiger partial charge in [0.2, 0.25) is 5.91 Å². The summed E-state index contributed by atoms with van der Waals surface area (Å²) in [6.45, 7) is 7.51. The van der Waals surface area contributed by atoms with Crippen LogP contribution >= 0.6 is 0 Å². The maximum atomic E-state index is 13.9. The van der Waals surface area contributed by atoms with Crippen molar-refractivity contribution in [1.29, 1.82) is 0 Å². The number of esters is 1. The number of ether oxygens (including phenoxy) is 5. The lowest BCUT2D eigenvalue weighted by Gasteiger charge is -2.36. The first-order valence-corrected chi connectivity index (χ1v) is 22.2. The van der Waals surface area contributed by atoms with E-state index in [-0.39, 0.29) is 18.0 Å². The number of carbonyl (C=O) groups excluding carboxylic acids is 2. The third-order valence-corrected chi connectivity index (χ3v) is 12.1. The lowest BCUT2D eigenvalue weighted by Crippen LogP contribution is -2.43. The van der Waals surface area contributed by atoms with Crippen LogP contribution in [0.5, 0.6) is 23.0 Å². The fourth-order valence-electron chi connectivity index (χ4n) is 8.39. The van der Waals surface area contributed by atoms with E-state index in [1.807, 2.05) is 56.8 Å². The lowest BCUT2D eigenvalue weighted by molar-refractivity contribution is -0.146. The zero-order valence-electron chi connectivity index (χ0n) is 36.6. The van der Waals surface area contributed by atoms with Gasteiger partial charge in [-0.1, -0.05) is 26.0 Å². The highest BCUT2D eigenvalue weighted by molar-refractivity contribution is 5.94. The average molecular weight is 839 g/mol. The van der Waals surface area contributed by atoms with Gasteiger partial charge >= 0.3 is 5.97 Å². The van der Waals surface area contributed by atoms with E-state index >= 15 is 0 Å². The van der Waals surface area contributed by atoms with Gasteiger partial charge in [-0.05, 0) is 118 Å². The number of nitrogens with zero attached hydrogens (tertiary/aromatic N) is 5. The normalized spacial score (nSPS) is 19.6. The Morgan fingerprint density at radius 1 is 0.754 bits per heavy atom. The minimum Gasteiger partial charge on any atom is -0.493 e. The molecular formula is C48H66N6O7. The largest absolute Gasteiger partial charge is 0.493 e. The molecule has 2 aliphatic carbocycles. The van der Waals surface area contributed by atoms with Crippen LogP contribution in [0, 0.1) is 11.8 Å². The van der Waals surface area contributed by atoms with E-state index in [0.29, 0.717) is 80.5 Å². The Morgan fingerprint density at radius 2 is 1.31 bits per heavy atom. The highest BCUT2D eigenvalue weighted by Gasteiger charge is 2.27. The number of aryl methyl sites for hydroxylation is 2. The van der Waals surface area contributed by atoms with E-state index in [2.05, 4.69) is 35.2 Å². The van der Waals surface area contributed by atoms with Crippen molar-refractivity contribution in [2.24, 2.45) is 11.8 Å². The van der Waals surface area contributed by atoms with Crippen LogP contribution in [0.3, 0.4) is 0 Å². The van der Waals surface area contributed by atoms with Gasteiger partial charge in [0.25, 0.3) is 0 Å². The number of amides is 1. The van der Waals surface area contributed by atoms with Crippen molar-refractivity contribution < 1.29 is 33.3 Å². The molecule has 1 amide bonds. The Morgan fingerprint density at radius 3 is 1.85 bits per heavy atom. The number of hydrogen-bond donors (Lipinski definition) is 1. The monoisotopic (exact) mass is 838 g/mol. The summed E-state index contributed by atoms with van der Waals surface area (Å²) in [6.07, 6.45) is 24.3. The molecule has 1 unspecified atom stereocenters. The van der Waals surface area contributed by atoms with Gasteiger partial charge < -0.3 is 37.7 Å². The number of benzene rings is 2. The van der Waals surface area contributed by atoms with E-state index in [1.165, 1.54) is 12.2 Å². The second-order valence-corrected chi connectivity index (χ2v) is 16.7. The molecule has 2 fully saturated rings. The molecule has 2 aromatic carbocycles.